The first-order valence-electron chi connectivity index (χ1n) is 9.27. The average Bonchev–Trinajstić information content (AvgIpc) is 3.07. The van der Waals surface area contributed by atoms with E-state index in [2.05, 4.69) is 28.7 Å². The van der Waals surface area contributed by atoms with Crippen LogP contribution in [-0.4, -0.2) is 34.7 Å². The minimum Gasteiger partial charge on any atom is -0.493 e. The summed E-state index contributed by atoms with van der Waals surface area (Å²) in [5.74, 6) is 1.95. The fourth-order valence-corrected chi connectivity index (χ4v) is 3.29. The highest BCUT2D eigenvalue weighted by molar-refractivity contribution is 5.79. The lowest BCUT2D eigenvalue weighted by Gasteiger charge is -2.18. The number of rotatable bonds is 7. The van der Waals surface area contributed by atoms with Crippen LogP contribution in [0.3, 0.4) is 0 Å². The quantitative estimate of drug-likeness (QED) is 0.677. The van der Waals surface area contributed by atoms with Crippen LogP contribution in [-0.2, 0) is 11.2 Å². The van der Waals surface area contributed by atoms with Crippen LogP contribution in [0.15, 0.2) is 36.5 Å². The fourth-order valence-electron chi connectivity index (χ4n) is 3.29. The number of nitrogens with one attached hydrogen (secondary N) is 1. The maximum Gasteiger partial charge on any atom is 0.224 e. The minimum atomic E-state index is -0.246. The first kappa shape index (κ1) is 19.7. The minimum absolute atomic E-state index is 0.0879. The summed E-state index contributed by atoms with van der Waals surface area (Å²) in [5.41, 5.74) is 2.50. The molecule has 0 bridgehead atoms. The van der Waals surface area contributed by atoms with Crippen molar-refractivity contribution in [3.63, 3.8) is 0 Å². The molecule has 0 saturated carbocycles. The molecule has 28 heavy (non-hydrogen) atoms. The van der Waals surface area contributed by atoms with Crippen molar-refractivity contribution in [2.75, 3.05) is 14.2 Å². The molecule has 0 fully saturated rings. The van der Waals surface area contributed by atoms with E-state index in [9.17, 15) is 4.79 Å². The maximum atomic E-state index is 12.6. The van der Waals surface area contributed by atoms with Gasteiger partial charge in [-0.15, -0.1) is 0 Å². The van der Waals surface area contributed by atoms with Gasteiger partial charge in [0.15, 0.2) is 17.1 Å². The Morgan fingerprint density at radius 3 is 2.57 bits per heavy atom. The second-order valence-corrected chi connectivity index (χ2v) is 6.94. The van der Waals surface area contributed by atoms with E-state index in [-0.39, 0.29) is 24.4 Å². The monoisotopic (exact) mass is 382 g/mol. The molecule has 0 radical (unpaired) electrons. The highest BCUT2D eigenvalue weighted by Gasteiger charge is 2.21. The number of pyridine rings is 1. The van der Waals surface area contributed by atoms with Gasteiger partial charge in [-0.25, -0.2) is 9.97 Å². The second-order valence-electron chi connectivity index (χ2n) is 6.94. The molecule has 7 heteroatoms. The largest absolute Gasteiger partial charge is 0.493 e. The predicted molar refractivity (Wildman–Crippen MR) is 108 cm³/mol. The summed E-state index contributed by atoms with van der Waals surface area (Å²) in [5, 5.41) is 3.04. The van der Waals surface area contributed by atoms with Gasteiger partial charge in [0.05, 0.1) is 26.7 Å². The van der Waals surface area contributed by atoms with E-state index in [0.29, 0.717) is 11.5 Å². The number of imidazole rings is 1. The van der Waals surface area contributed by atoms with E-state index < -0.39 is 0 Å². The van der Waals surface area contributed by atoms with Crippen molar-refractivity contribution in [2.45, 2.75) is 39.3 Å². The summed E-state index contributed by atoms with van der Waals surface area (Å²) < 4.78 is 12.6. The van der Waals surface area contributed by atoms with E-state index in [1.54, 1.807) is 26.5 Å². The first-order valence-corrected chi connectivity index (χ1v) is 9.27. The third-order valence-electron chi connectivity index (χ3n) is 4.57. The molecular formula is C21H26N4O3. The number of hydrogen-bond donors (Lipinski definition) is 1. The lowest BCUT2D eigenvalue weighted by Crippen LogP contribution is -2.30. The third kappa shape index (κ3) is 3.93. The zero-order valence-electron chi connectivity index (χ0n) is 16.9. The molecule has 1 amide bonds. The van der Waals surface area contributed by atoms with E-state index in [4.69, 9.17) is 14.5 Å². The predicted octanol–water partition coefficient (Wildman–Crippen LogP) is 3.45. The summed E-state index contributed by atoms with van der Waals surface area (Å²) in [6.45, 7) is 6.10. The van der Waals surface area contributed by atoms with Crippen LogP contribution in [0.1, 0.15) is 44.2 Å². The van der Waals surface area contributed by atoms with Gasteiger partial charge in [0.25, 0.3) is 0 Å². The standard InChI is InChI=1S/C21H26N4O3/c1-13(2)25-20(24-16-7-6-10-22-21(16)25)14(3)23-19(26)12-15-8-9-17(27-4)18(11-15)28-5/h6-11,13-14H,12H2,1-5H3,(H,23,26)/t14-/m0/s1. The summed E-state index contributed by atoms with van der Waals surface area (Å²) in [4.78, 5) is 21.8. The van der Waals surface area contributed by atoms with Crippen molar-refractivity contribution >= 4 is 17.1 Å². The Balaban J connectivity index is 1.78. The van der Waals surface area contributed by atoms with Crippen LogP contribution in [0, 0.1) is 0 Å². The number of hydrogen-bond acceptors (Lipinski definition) is 5. The van der Waals surface area contributed by atoms with Gasteiger partial charge in [0, 0.05) is 12.2 Å². The number of carbonyl (C=O) groups is 1. The average molecular weight is 382 g/mol. The highest BCUT2D eigenvalue weighted by Crippen LogP contribution is 2.28. The molecule has 1 aromatic carbocycles. The Hall–Kier alpha value is -3.09. The molecule has 0 aliphatic heterocycles. The number of benzene rings is 1. The molecule has 2 aromatic heterocycles. The van der Waals surface area contributed by atoms with Gasteiger partial charge in [-0.05, 0) is 50.6 Å². The molecule has 2 heterocycles. The van der Waals surface area contributed by atoms with Gasteiger partial charge >= 0.3 is 0 Å². The van der Waals surface area contributed by atoms with Gasteiger partial charge in [0.1, 0.15) is 11.3 Å². The van der Waals surface area contributed by atoms with Crippen molar-refractivity contribution < 1.29 is 14.3 Å². The van der Waals surface area contributed by atoms with Gasteiger partial charge in [0.2, 0.25) is 5.91 Å². The molecule has 1 N–H and O–H groups in total. The first-order chi connectivity index (χ1) is 13.4. The molecular weight excluding hydrogens is 356 g/mol. The Morgan fingerprint density at radius 1 is 1.14 bits per heavy atom. The molecule has 3 rings (SSSR count). The lowest BCUT2D eigenvalue weighted by atomic mass is 10.1. The van der Waals surface area contributed by atoms with Crippen LogP contribution >= 0.6 is 0 Å². The van der Waals surface area contributed by atoms with Crippen molar-refractivity contribution in [3.8, 4) is 11.5 Å². The molecule has 0 unspecified atom stereocenters. The van der Waals surface area contributed by atoms with E-state index in [0.717, 1.165) is 22.6 Å². The third-order valence-corrected chi connectivity index (χ3v) is 4.57. The number of amides is 1. The number of fused-ring (bicyclic) bond motifs is 1. The molecule has 3 aromatic rings. The zero-order valence-corrected chi connectivity index (χ0v) is 16.9. The number of carbonyl (C=O) groups excluding carboxylic acids is 1. The molecule has 0 aliphatic rings. The Labute approximate surface area is 164 Å². The van der Waals surface area contributed by atoms with Gasteiger partial charge in [-0.3, -0.25) is 4.79 Å². The highest BCUT2D eigenvalue weighted by atomic mass is 16.5. The van der Waals surface area contributed by atoms with E-state index >= 15 is 0 Å². The second kappa shape index (κ2) is 8.29. The Bertz CT molecular complexity index is 981. The van der Waals surface area contributed by atoms with Crippen LogP contribution in [0.5, 0.6) is 11.5 Å². The molecule has 0 saturated heterocycles. The smallest absolute Gasteiger partial charge is 0.224 e. The van der Waals surface area contributed by atoms with E-state index in [1.165, 1.54) is 0 Å². The summed E-state index contributed by atoms with van der Waals surface area (Å²) in [7, 11) is 3.16. The Morgan fingerprint density at radius 2 is 1.89 bits per heavy atom. The zero-order chi connectivity index (χ0) is 20.3. The van der Waals surface area contributed by atoms with Crippen LogP contribution in [0.25, 0.3) is 11.2 Å². The van der Waals surface area contributed by atoms with Crippen LogP contribution < -0.4 is 14.8 Å². The molecule has 1 atom stereocenters. The van der Waals surface area contributed by atoms with Crippen molar-refractivity contribution in [3.05, 3.63) is 47.9 Å². The van der Waals surface area contributed by atoms with E-state index in [1.807, 2.05) is 31.2 Å². The fraction of sp³-hybridized carbons (Fsp3) is 0.381. The van der Waals surface area contributed by atoms with Gasteiger partial charge < -0.3 is 19.4 Å². The number of ether oxygens (including phenoxy) is 2. The SMILES string of the molecule is COc1ccc(CC(=O)N[C@@H](C)c2nc3cccnc3n2C(C)C)cc1OC. The molecule has 148 valence electrons. The summed E-state index contributed by atoms with van der Waals surface area (Å²) >= 11 is 0. The summed E-state index contributed by atoms with van der Waals surface area (Å²) in [6, 6.07) is 9.21. The summed E-state index contributed by atoms with van der Waals surface area (Å²) in [6.07, 6.45) is 2.00. The van der Waals surface area contributed by atoms with Crippen molar-refractivity contribution in [1.29, 1.82) is 0 Å². The number of methoxy groups -OCH3 is 2. The lowest BCUT2D eigenvalue weighted by molar-refractivity contribution is -0.121. The topological polar surface area (TPSA) is 78.3 Å². The number of nitrogens with zero attached hydrogens (tertiary/aromatic N) is 3. The van der Waals surface area contributed by atoms with Crippen LogP contribution in [0.4, 0.5) is 0 Å². The molecule has 0 aliphatic carbocycles. The van der Waals surface area contributed by atoms with Crippen molar-refractivity contribution in [2.24, 2.45) is 0 Å². The Kier molecular flexibility index (Phi) is 5.82. The van der Waals surface area contributed by atoms with Crippen LogP contribution in [0.2, 0.25) is 0 Å². The molecule has 7 nitrogen and oxygen atoms in total. The molecule has 0 spiro atoms. The van der Waals surface area contributed by atoms with Gasteiger partial charge in [-0.2, -0.15) is 0 Å². The normalized spacial score (nSPS) is 12.2. The number of aromatic nitrogens is 3. The maximum absolute atomic E-state index is 12.6. The van der Waals surface area contributed by atoms with Crippen molar-refractivity contribution in [1.82, 2.24) is 19.9 Å². The van der Waals surface area contributed by atoms with Gasteiger partial charge in [-0.1, -0.05) is 6.07 Å².